The smallest absolute Gasteiger partial charge is 0.213 e. The van der Waals surface area contributed by atoms with E-state index in [1.165, 1.54) is 32.8 Å². The second-order valence-electron chi connectivity index (χ2n) is 12.2. The number of furan rings is 1. The lowest BCUT2D eigenvalue weighted by molar-refractivity contribution is 0.646. The van der Waals surface area contributed by atoms with Crippen LogP contribution in [-0.4, -0.2) is 9.13 Å². The third-order valence-electron chi connectivity index (χ3n) is 9.52. The van der Waals surface area contributed by atoms with Gasteiger partial charge in [0.1, 0.15) is 5.58 Å². The molecule has 47 heavy (non-hydrogen) atoms. The molecule has 0 aliphatic carbocycles. The first-order valence-electron chi connectivity index (χ1n) is 16.0. The third kappa shape index (κ3) is 3.87. The average molecular weight is 601 g/mol. The van der Waals surface area contributed by atoms with Gasteiger partial charge in [0, 0.05) is 38.5 Å². The number of para-hydroxylation sites is 5. The fourth-order valence-corrected chi connectivity index (χ4v) is 7.47. The second kappa shape index (κ2) is 10.1. The van der Waals surface area contributed by atoms with Crippen LogP contribution in [0.15, 0.2) is 174 Å². The van der Waals surface area contributed by atoms with E-state index in [2.05, 4.69) is 179 Å². The molecule has 3 aromatic heterocycles. The molecule has 0 aliphatic rings. The van der Waals surface area contributed by atoms with Crippen LogP contribution in [0.25, 0.3) is 88.4 Å². The van der Waals surface area contributed by atoms with Crippen LogP contribution in [0.5, 0.6) is 0 Å². The van der Waals surface area contributed by atoms with Crippen molar-refractivity contribution in [3.8, 4) is 33.6 Å². The molecule has 0 unspecified atom stereocenters. The van der Waals surface area contributed by atoms with Crippen LogP contribution in [0.4, 0.5) is 0 Å². The van der Waals surface area contributed by atoms with Gasteiger partial charge in [0.05, 0.1) is 21.9 Å². The lowest BCUT2D eigenvalue weighted by Crippen LogP contribution is -1.94. The highest BCUT2D eigenvalue weighted by molar-refractivity contribution is 6.21. The average Bonchev–Trinajstić information content (AvgIpc) is 3.79. The fourth-order valence-electron chi connectivity index (χ4n) is 7.47. The summed E-state index contributed by atoms with van der Waals surface area (Å²) in [7, 11) is 0. The van der Waals surface area contributed by atoms with Gasteiger partial charge in [-0.15, -0.1) is 0 Å². The van der Waals surface area contributed by atoms with E-state index in [0.717, 1.165) is 55.7 Å². The molecule has 0 fully saturated rings. The zero-order chi connectivity index (χ0) is 30.9. The highest BCUT2D eigenvalue weighted by Gasteiger charge is 2.21. The topological polar surface area (TPSA) is 23.0 Å². The molecule has 0 aliphatic heterocycles. The number of aromatic nitrogens is 2. The standard InChI is InChI=1S/C44H28N2O/c1-2-16-32(17-3-1)46-41-26-9-6-21-37(41)42-38-23-12-22-34(43(38)47-44(42)46)31-15-10-13-29(27-31)30-14-11-18-33(28-30)45-39-24-7-4-19-35(39)36-20-5-8-25-40(36)45/h1-28H. The van der Waals surface area contributed by atoms with Gasteiger partial charge >= 0.3 is 0 Å². The molecule has 10 aromatic rings. The number of benzene rings is 7. The van der Waals surface area contributed by atoms with Crippen LogP contribution < -0.4 is 0 Å². The van der Waals surface area contributed by atoms with E-state index in [4.69, 9.17) is 4.42 Å². The summed E-state index contributed by atoms with van der Waals surface area (Å²) in [5.74, 6) is 0. The Balaban J connectivity index is 1.14. The normalized spacial score (nSPS) is 11.8. The molecular formula is C44H28N2O. The second-order valence-corrected chi connectivity index (χ2v) is 12.2. The number of rotatable bonds is 4. The third-order valence-corrected chi connectivity index (χ3v) is 9.52. The minimum atomic E-state index is 0.870. The Labute approximate surface area is 271 Å². The Morgan fingerprint density at radius 2 is 0.894 bits per heavy atom. The summed E-state index contributed by atoms with van der Waals surface area (Å²) in [5, 5.41) is 6.00. The van der Waals surface area contributed by atoms with Crippen molar-refractivity contribution >= 4 is 54.8 Å². The molecule has 3 nitrogen and oxygen atoms in total. The largest absolute Gasteiger partial charge is 0.438 e. The van der Waals surface area contributed by atoms with Gasteiger partial charge in [0.25, 0.3) is 0 Å². The van der Waals surface area contributed by atoms with Crippen molar-refractivity contribution in [2.75, 3.05) is 0 Å². The van der Waals surface area contributed by atoms with Crippen LogP contribution in [0.1, 0.15) is 0 Å². The Morgan fingerprint density at radius 1 is 0.362 bits per heavy atom. The van der Waals surface area contributed by atoms with Crippen LogP contribution in [0.2, 0.25) is 0 Å². The van der Waals surface area contributed by atoms with Crippen LogP contribution in [-0.2, 0) is 0 Å². The van der Waals surface area contributed by atoms with Crippen molar-refractivity contribution in [1.29, 1.82) is 0 Å². The van der Waals surface area contributed by atoms with Crippen LogP contribution in [0, 0.1) is 0 Å². The van der Waals surface area contributed by atoms with E-state index in [-0.39, 0.29) is 0 Å². The van der Waals surface area contributed by atoms with Gasteiger partial charge in [0.15, 0.2) is 0 Å². The van der Waals surface area contributed by atoms with E-state index in [1.807, 2.05) is 0 Å². The Hall–Kier alpha value is -6.32. The van der Waals surface area contributed by atoms with Crippen molar-refractivity contribution in [2.45, 2.75) is 0 Å². The summed E-state index contributed by atoms with van der Waals surface area (Å²) < 4.78 is 11.5. The number of hydrogen-bond acceptors (Lipinski definition) is 1. The quantitative estimate of drug-likeness (QED) is 0.197. The summed E-state index contributed by atoms with van der Waals surface area (Å²) in [6.45, 7) is 0. The first kappa shape index (κ1) is 26.0. The van der Waals surface area contributed by atoms with Gasteiger partial charge in [-0.3, -0.25) is 4.57 Å². The number of nitrogens with zero attached hydrogens (tertiary/aromatic N) is 2. The molecule has 0 atom stereocenters. The lowest BCUT2D eigenvalue weighted by Gasteiger charge is -2.11. The Morgan fingerprint density at radius 3 is 1.64 bits per heavy atom. The molecular weight excluding hydrogens is 572 g/mol. The van der Waals surface area contributed by atoms with Crippen molar-refractivity contribution in [3.05, 3.63) is 170 Å². The lowest BCUT2D eigenvalue weighted by atomic mass is 9.97. The molecule has 10 rings (SSSR count). The predicted octanol–water partition coefficient (Wildman–Crippen LogP) is 12.0. The molecule has 220 valence electrons. The number of hydrogen-bond donors (Lipinski definition) is 0. The maximum absolute atomic E-state index is 6.86. The predicted molar refractivity (Wildman–Crippen MR) is 196 cm³/mol. The first-order chi connectivity index (χ1) is 23.3. The molecule has 0 bridgehead atoms. The molecule has 3 heteroatoms. The Kier molecular flexibility index (Phi) is 5.57. The van der Waals surface area contributed by atoms with Gasteiger partial charge < -0.3 is 8.98 Å². The zero-order valence-electron chi connectivity index (χ0n) is 25.5. The van der Waals surface area contributed by atoms with Crippen LogP contribution >= 0.6 is 0 Å². The van der Waals surface area contributed by atoms with E-state index in [9.17, 15) is 0 Å². The first-order valence-corrected chi connectivity index (χ1v) is 16.0. The molecule has 0 saturated heterocycles. The fraction of sp³-hybridized carbons (Fsp3) is 0. The van der Waals surface area contributed by atoms with Crippen molar-refractivity contribution in [3.63, 3.8) is 0 Å². The Bertz CT molecular complexity index is 2740. The molecule has 7 aromatic carbocycles. The summed E-state index contributed by atoms with van der Waals surface area (Å²) in [6.07, 6.45) is 0. The molecule has 3 heterocycles. The summed E-state index contributed by atoms with van der Waals surface area (Å²) >= 11 is 0. The van der Waals surface area contributed by atoms with Gasteiger partial charge in [-0.1, -0.05) is 121 Å². The minimum Gasteiger partial charge on any atom is -0.438 e. The monoisotopic (exact) mass is 600 g/mol. The maximum atomic E-state index is 6.86. The van der Waals surface area contributed by atoms with E-state index in [1.54, 1.807) is 0 Å². The van der Waals surface area contributed by atoms with Crippen molar-refractivity contribution in [2.24, 2.45) is 0 Å². The summed E-state index contributed by atoms with van der Waals surface area (Å²) in [5.41, 5.74) is 12.1. The van der Waals surface area contributed by atoms with Gasteiger partial charge in [-0.25, -0.2) is 0 Å². The maximum Gasteiger partial charge on any atom is 0.213 e. The molecule has 0 saturated carbocycles. The van der Waals surface area contributed by atoms with Gasteiger partial charge in [-0.05, 0) is 65.2 Å². The van der Waals surface area contributed by atoms with E-state index in [0.29, 0.717) is 0 Å². The molecule has 0 amide bonds. The molecule has 0 radical (unpaired) electrons. The molecule has 0 N–H and O–H groups in total. The summed E-state index contributed by atoms with van der Waals surface area (Å²) in [4.78, 5) is 0. The molecule has 0 spiro atoms. The van der Waals surface area contributed by atoms with Crippen molar-refractivity contribution < 1.29 is 4.42 Å². The van der Waals surface area contributed by atoms with Gasteiger partial charge in [-0.2, -0.15) is 0 Å². The van der Waals surface area contributed by atoms with Gasteiger partial charge in [0.2, 0.25) is 5.71 Å². The highest BCUT2D eigenvalue weighted by Crippen LogP contribution is 2.42. The summed E-state index contributed by atoms with van der Waals surface area (Å²) in [6, 6.07) is 60.6. The highest BCUT2D eigenvalue weighted by atomic mass is 16.3. The minimum absolute atomic E-state index is 0.870. The van der Waals surface area contributed by atoms with E-state index < -0.39 is 0 Å². The van der Waals surface area contributed by atoms with Crippen molar-refractivity contribution in [1.82, 2.24) is 9.13 Å². The number of fused-ring (bicyclic) bond motifs is 8. The van der Waals surface area contributed by atoms with Crippen LogP contribution in [0.3, 0.4) is 0 Å². The SMILES string of the molecule is c1ccc(-n2c3ccccc3c3c4cccc(-c5cccc(-c6cccc(-n7c8ccccc8c8ccccc87)c6)c5)c4oc32)cc1. The zero-order valence-corrected chi connectivity index (χ0v) is 25.5. The van der Waals surface area contributed by atoms with E-state index >= 15 is 0 Å².